The van der Waals surface area contributed by atoms with E-state index in [4.69, 9.17) is 4.74 Å². The maximum absolute atomic E-state index is 12.2. The highest BCUT2D eigenvalue weighted by molar-refractivity contribution is 7.94. The van der Waals surface area contributed by atoms with E-state index in [0.717, 1.165) is 17.0 Å². The monoisotopic (exact) mass is 413 g/mol. The summed E-state index contributed by atoms with van der Waals surface area (Å²) in [6, 6.07) is 15.1. The molecule has 4 rings (SSSR count). The Hall–Kier alpha value is -3.24. The summed E-state index contributed by atoms with van der Waals surface area (Å²) in [7, 11) is -3.57. The van der Waals surface area contributed by atoms with Crippen LogP contribution in [0.1, 0.15) is 5.69 Å². The Morgan fingerprint density at radius 1 is 1.04 bits per heavy atom. The van der Waals surface area contributed by atoms with Gasteiger partial charge in [-0.05, 0) is 54.8 Å². The molecule has 0 radical (unpaired) electrons. The number of thiophene rings is 1. The Morgan fingerprint density at radius 2 is 1.86 bits per heavy atom. The number of anilines is 1. The van der Waals surface area contributed by atoms with E-state index in [2.05, 4.69) is 20.0 Å². The number of rotatable bonds is 6. The SMILES string of the molecule is Cc1ccn(-c2ccc(Oc3ccc(NS(=O)(=O)c4cccs4)cc3)nn2)n1. The van der Waals surface area contributed by atoms with Gasteiger partial charge in [-0.15, -0.1) is 21.5 Å². The predicted molar refractivity (Wildman–Crippen MR) is 106 cm³/mol. The lowest BCUT2D eigenvalue weighted by atomic mass is 10.3. The lowest BCUT2D eigenvalue weighted by molar-refractivity contribution is 0.454. The first kappa shape index (κ1) is 18.1. The number of sulfonamides is 1. The molecule has 0 aliphatic carbocycles. The minimum atomic E-state index is -3.57. The van der Waals surface area contributed by atoms with E-state index in [-0.39, 0.29) is 4.21 Å². The third-order valence-corrected chi connectivity index (χ3v) is 6.45. The van der Waals surface area contributed by atoms with Gasteiger partial charge in [0.25, 0.3) is 10.0 Å². The van der Waals surface area contributed by atoms with Gasteiger partial charge in [-0.25, -0.2) is 13.1 Å². The third kappa shape index (κ3) is 4.02. The number of ether oxygens (including phenoxy) is 1. The number of aromatic nitrogens is 4. The van der Waals surface area contributed by atoms with E-state index < -0.39 is 10.0 Å². The number of hydrogen-bond donors (Lipinski definition) is 1. The predicted octanol–water partition coefficient (Wildman–Crippen LogP) is 3.63. The average Bonchev–Trinajstić information content (AvgIpc) is 3.36. The molecule has 0 unspecified atom stereocenters. The molecule has 0 spiro atoms. The molecule has 1 N–H and O–H groups in total. The smallest absolute Gasteiger partial charge is 0.271 e. The van der Waals surface area contributed by atoms with Crippen LogP contribution in [-0.2, 0) is 10.0 Å². The summed E-state index contributed by atoms with van der Waals surface area (Å²) in [6.07, 6.45) is 1.80. The first-order chi connectivity index (χ1) is 13.5. The van der Waals surface area contributed by atoms with Crippen LogP contribution in [0.5, 0.6) is 11.6 Å². The Labute approximate surface area is 165 Å². The fraction of sp³-hybridized carbons (Fsp3) is 0.0556. The Kier molecular flexibility index (Phi) is 4.80. The summed E-state index contributed by atoms with van der Waals surface area (Å²) in [4.78, 5) is 0. The molecule has 3 heterocycles. The highest BCUT2D eigenvalue weighted by Gasteiger charge is 2.15. The van der Waals surface area contributed by atoms with Gasteiger partial charge in [0.15, 0.2) is 5.82 Å². The zero-order chi connectivity index (χ0) is 19.6. The van der Waals surface area contributed by atoms with Crippen LogP contribution in [0.3, 0.4) is 0 Å². The summed E-state index contributed by atoms with van der Waals surface area (Å²) in [5.74, 6) is 1.41. The van der Waals surface area contributed by atoms with Crippen LogP contribution in [0, 0.1) is 6.92 Å². The zero-order valence-corrected chi connectivity index (χ0v) is 16.3. The molecular formula is C18H15N5O3S2. The van der Waals surface area contributed by atoms with Crippen LogP contribution in [0.4, 0.5) is 5.69 Å². The standard InChI is InChI=1S/C18H15N5O3S2/c1-13-10-11-23(21-13)16-8-9-17(20-19-16)26-15-6-4-14(5-7-15)22-28(24,25)18-3-2-12-27-18/h2-12,22H,1H3. The second-order valence-electron chi connectivity index (χ2n) is 5.80. The van der Waals surface area contributed by atoms with Gasteiger partial charge in [-0.2, -0.15) is 5.10 Å². The fourth-order valence-electron chi connectivity index (χ4n) is 2.37. The molecule has 0 saturated heterocycles. The van der Waals surface area contributed by atoms with E-state index >= 15 is 0 Å². The molecule has 1 aromatic carbocycles. The van der Waals surface area contributed by atoms with Crippen molar-refractivity contribution >= 4 is 27.0 Å². The van der Waals surface area contributed by atoms with Crippen molar-refractivity contribution in [2.75, 3.05) is 4.72 Å². The van der Waals surface area contributed by atoms with Crippen molar-refractivity contribution in [3.05, 3.63) is 71.9 Å². The normalized spacial score (nSPS) is 11.3. The van der Waals surface area contributed by atoms with Crippen LogP contribution in [0.25, 0.3) is 5.82 Å². The summed E-state index contributed by atoms with van der Waals surface area (Å²) < 4.78 is 34.5. The van der Waals surface area contributed by atoms with Crippen LogP contribution in [0.2, 0.25) is 0 Å². The van der Waals surface area contributed by atoms with Gasteiger partial charge in [-0.1, -0.05) is 6.07 Å². The van der Waals surface area contributed by atoms with E-state index in [0.29, 0.717) is 23.1 Å². The van der Waals surface area contributed by atoms with Gasteiger partial charge < -0.3 is 4.74 Å². The van der Waals surface area contributed by atoms with E-state index in [1.807, 2.05) is 13.0 Å². The van der Waals surface area contributed by atoms with Gasteiger partial charge in [0.05, 0.1) is 5.69 Å². The van der Waals surface area contributed by atoms with Crippen molar-refractivity contribution in [2.45, 2.75) is 11.1 Å². The van der Waals surface area contributed by atoms with Gasteiger partial charge in [0.2, 0.25) is 5.88 Å². The minimum Gasteiger partial charge on any atom is -0.438 e. The molecule has 3 aromatic heterocycles. The largest absolute Gasteiger partial charge is 0.438 e. The molecule has 28 heavy (non-hydrogen) atoms. The molecule has 0 atom stereocenters. The maximum atomic E-state index is 12.2. The molecule has 0 fully saturated rings. The second kappa shape index (κ2) is 7.41. The zero-order valence-electron chi connectivity index (χ0n) is 14.7. The number of aryl methyl sites for hydroxylation is 1. The Morgan fingerprint density at radius 3 is 2.46 bits per heavy atom. The quantitative estimate of drug-likeness (QED) is 0.518. The Balaban J connectivity index is 1.43. The van der Waals surface area contributed by atoms with Gasteiger partial charge in [0, 0.05) is 18.0 Å². The highest BCUT2D eigenvalue weighted by atomic mass is 32.2. The molecule has 0 bridgehead atoms. The van der Waals surface area contributed by atoms with Gasteiger partial charge in [-0.3, -0.25) is 4.72 Å². The molecule has 0 aliphatic rings. The highest BCUT2D eigenvalue weighted by Crippen LogP contribution is 2.24. The fourth-order valence-corrected chi connectivity index (χ4v) is 4.42. The van der Waals surface area contributed by atoms with Crippen molar-refractivity contribution in [3.63, 3.8) is 0 Å². The van der Waals surface area contributed by atoms with Crippen LogP contribution in [-0.4, -0.2) is 28.4 Å². The van der Waals surface area contributed by atoms with Crippen molar-refractivity contribution < 1.29 is 13.2 Å². The molecule has 142 valence electrons. The van der Waals surface area contributed by atoms with Crippen LogP contribution >= 0.6 is 11.3 Å². The van der Waals surface area contributed by atoms with Crippen molar-refractivity contribution in [3.8, 4) is 17.4 Å². The first-order valence-corrected chi connectivity index (χ1v) is 10.6. The topological polar surface area (TPSA) is 99.0 Å². The second-order valence-corrected chi connectivity index (χ2v) is 8.65. The summed E-state index contributed by atoms with van der Waals surface area (Å²) >= 11 is 1.16. The Bertz CT molecular complexity index is 1170. The van der Waals surface area contributed by atoms with Crippen molar-refractivity contribution in [2.24, 2.45) is 0 Å². The van der Waals surface area contributed by atoms with E-state index in [1.54, 1.807) is 64.8 Å². The van der Waals surface area contributed by atoms with Gasteiger partial charge in [0.1, 0.15) is 9.96 Å². The molecule has 0 saturated carbocycles. The van der Waals surface area contributed by atoms with Crippen LogP contribution < -0.4 is 9.46 Å². The number of nitrogens with one attached hydrogen (secondary N) is 1. The van der Waals surface area contributed by atoms with E-state index in [1.165, 1.54) is 0 Å². The first-order valence-electron chi connectivity index (χ1n) is 8.20. The number of benzene rings is 1. The lowest BCUT2D eigenvalue weighted by Crippen LogP contribution is -2.11. The molecule has 0 amide bonds. The lowest BCUT2D eigenvalue weighted by Gasteiger charge is -2.08. The van der Waals surface area contributed by atoms with Crippen molar-refractivity contribution in [1.82, 2.24) is 20.0 Å². The average molecular weight is 413 g/mol. The number of nitrogens with zero attached hydrogens (tertiary/aromatic N) is 4. The molecular weight excluding hydrogens is 398 g/mol. The van der Waals surface area contributed by atoms with Crippen LogP contribution in [0.15, 0.2) is 70.4 Å². The number of hydrogen-bond acceptors (Lipinski definition) is 7. The van der Waals surface area contributed by atoms with E-state index in [9.17, 15) is 8.42 Å². The molecule has 0 aliphatic heterocycles. The minimum absolute atomic E-state index is 0.260. The molecule has 4 aromatic rings. The molecule has 10 heteroatoms. The summed E-state index contributed by atoms with van der Waals surface area (Å²) in [5.41, 5.74) is 1.33. The van der Waals surface area contributed by atoms with Gasteiger partial charge >= 0.3 is 0 Å². The third-order valence-electron chi connectivity index (χ3n) is 3.67. The maximum Gasteiger partial charge on any atom is 0.271 e. The van der Waals surface area contributed by atoms with Crippen molar-refractivity contribution in [1.29, 1.82) is 0 Å². The summed E-state index contributed by atoms with van der Waals surface area (Å²) in [5, 5.41) is 14.1. The molecule has 8 nitrogen and oxygen atoms in total. The summed E-state index contributed by atoms with van der Waals surface area (Å²) in [6.45, 7) is 1.89.